The molecule has 0 unspecified atom stereocenters. The molecule has 0 saturated heterocycles. The molecule has 1 N–H and O–H groups in total. The Labute approximate surface area is 108 Å². The Morgan fingerprint density at radius 3 is 2.83 bits per heavy atom. The molecule has 1 aliphatic rings. The third-order valence-electron chi connectivity index (χ3n) is 2.87. The molecule has 2 aromatic heterocycles. The first-order valence-corrected chi connectivity index (χ1v) is 5.99. The van der Waals surface area contributed by atoms with E-state index in [0.29, 0.717) is 11.7 Å². The van der Waals surface area contributed by atoms with Gasteiger partial charge in [0.25, 0.3) is 0 Å². The third kappa shape index (κ3) is 1.97. The molecule has 2 aromatic rings. The van der Waals surface area contributed by atoms with Gasteiger partial charge in [0.1, 0.15) is 0 Å². The molecular formula is C12H10ClN3O2. The highest BCUT2D eigenvalue weighted by Gasteiger charge is 2.26. The summed E-state index contributed by atoms with van der Waals surface area (Å²) in [5.41, 5.74) is 0.876. The predicted octanol–water partition coefficient (Wildman–Crippen LogP) is 2.50. The smallest absolute Gasteiger partial charge is 0.356 e. The summed E-state index contributed by atoms with van der Waals surface area (Å²) in [5.74, 6) is -0.127. The SMILES string of the molecule is O=C(O)c1nc(-n2ccc(C3CC3)n2)ccc1Cl. The van der Waals surface area contributed by atoms with E-state index in [4.69, 9.17) is 16.7 Å². The molecule has 0 aliphatic heterocycles. The number of halogens is 1. The number of hydrogen-bond acceptors (Lipinski definition) is 3. The van der Waals surface area contributed by atoms with E-state index >= 15 is 0 Å². The first-order valence-electron chi connectivity index (χ1n) is 5.61. The Hall–Kier alpha value is -1.88. The second-order valence-corrected chi connectivity index (χ2v) is 4.67. The molecule has 2 heterocycles. The molecule has 3 rings (SSSR count). The second kappa shape index (κ2) is 4.10. The van der Waals surface area contributed by atoms with Gasteiger partial charge in [0.05, 0.1) is 10.7 Å². The summed E-state index contributed by atoms with van der Waals surface area (Å²) in [7, 11) is 0. The van der Waals surface area contributed by atoms with Crippen LogP contribution in [-0.2, 0) is 0 Å². The van der Waals surface area contributed by atoms with Crippen LogP contribution >= 0.6 is 11.6 Å². The van der Waals surface area contributed by atoms with Crippen LogP contribution in [0.1, 0.15) is 34.9 Å². The van der Waals surface area contributed by atoms with Gasteiger partial charge >= 0.3 is 5.97 Å². The van der Waals surface area contributed by atoms with Crippen molar-refractivity contribution in [2.45, 2.75) is 18.8 Å². The van der Waals surface area contributed by atoms with Gasteiger partial charge < -0.3 is 5.11 Å². The van der Waals surface area contributed by atoms with E-state index in [2.05, 4.69) is 10.1 Å². The van der Waals surface area contributed by atoms with Gasteiger partial charge in [-0.3, -0.25) is 0 Å². The van der Waals surface area contributed by atoms with E-state index in [1.54, 1.807) is 16.9 Å². The molecule has 0 radical (unpaired) electrons. The maximum Gasteiger partial charge on any atom is 0.356 e. The van der Waals surface area contributed by atoms with E-state index in [1.165, 1.54) is 18.9 Å². The maximum absolute atomic E-state index is 11.0. The number of carboxylic acids is 1. The molecule has 0 atom stereocenters. The Balaban J connectivity index is 1.99. The highest BCUT2D eigenvalue weighted by Crippen LogP contribution is 2.38. The van der Waals surface area contributed by atoms with Gasteiger partial charge in [-0.15, -0.1) is 0 Å². The fourth-order valence-corrected chi connectivity index (χ4v) is 1.96. The minimum atomic E-state index is -1.14. The lowest BCUT2D eigenvalue weighted by molar-refractivity contribution is 0.0690. The topological polar surface area (TPSA) is 68.0 Å². The fraction of sp³-hybridized carbons (Fsp3) is 0.250. The Morgan fingerprint density at radius 1 is 1.39 bits per heavy atom. The standard InChI is InChI=1S/C12H10ClN3O2/c13-8-3-4-10(14-11(8)12(17)18)16-6-5-9(15-16)7-1-2-7/h3-7H,1-2H2,(H,17,18). The van der Waals surface area contributed by atoms with Gasteiger partial charge in [0.15, 0.2) is 11.5 Å². The minimum Gasteiger partial charge on any atom is -0.476 e. The molecule has 0 spiro atoms. The minimum absolute atomic E-state index is 0.126. The van der Waals surface area contributed by atoms with Gasteiger partial charge in [0.2, 0.25) is 0 Å². The van der Waals surface area contributed by atoms with Crippen molar-refractivity contribution in [1.29, 1.82) is 0 Å². The van der Waals surface area contributed by atoms with Crippen molar-refractivity contribution in [1.82, 2.24) is 14.8 Å². The van der Waals surface area contributed by atoms with Crippen molar-refractivity contribution >= 4 is 17.6 Å². The molecule has 5 nitrogen and oxygen atoms in total. The van der Waals surface area contributed by atoms with Crippen LogP contribution in [0.25, 0.3) is 5.82 Å². The summed E-state index contributed by atoms with van der Waals surface area (Å²) in [6, 6.07) is 5.11. The van der Waals surface area contributed by atoms with E-state index in [1.807, 2.05) is 6.07 Å². The van der Waals surface area contributed by atoms with Crippen LogP contribution in [0, 0.1) is 0 Å². The highest BCUT2D eigenvalue weighted by atomic mass is 35.5. The van der Waals surface area contributed by atoms with E-state index < -0.39 is 5.97 Å². The van der Waals surface area contributed by atoms with Crippen LogP contribution in [0.3, 0.4) is 0 Å². The maximum atomic E-state index is 11.0. The Kier molecular flexibility index (Phi) is 2.56. The van der Waals surface area contributed by atoms with Crippen LogP contribution in [0.5, 0.6) is 0 Å². The summed E-state index contributed by atoms with van der Waals surface area (Å²) in [5, 5.41) is 13.5. The van der Waals surface area contributed by atoms with Crippen molar-refractivity contribution in [3.63, 3.8) is 0 Å². The monoisotopic (exact) mass is 263 g/mol. The second-order valence-electron chi connectivity index (χ2n) is 4.26. The molecule has 1 fully saturated rings. The highest BCUT2D eigenvalue weighted by molar-refractivity contribution is 6.33. The van der Waals surface area contributed by atoms with Crippen LogP contribution < -0.4 is 0 Å². The molecule has 6 heteroatoms. The number of nitrogens with zero attached hydrogens (tertiary/aromatic N) is 3. The normalized spacial score (nSPS) is 14.7. The van der Waals surface area contributed by atoms with Crippen molar-refractivity contribution in [2.75, 3.05) is 0 Å². The molecule has 0 bridgehead atoms. The lowest BCUT2D eigenvalue weighted by atomic mass is 10.3. The van der Waals surface area contributed by atoms with E-state index in [0.717, 1.165) is 5.69 Å². The predicted molar refractivity (Wildman–Crippen MR) is 65.3 cm³/mol. The summed E-state index contributed by atoms with van der Waals surface area (Å²) >= 11 is 5.77. The first-order chi connectivity index (χ1) is 8.65. The number of aromatic carboxylic acids is 1. The van der Waals surface area contributed by atoms with Gasteiger partial charge in [-0.25, -0.2) is 14.5 Å². The summed E-state index contributed by atoms with van der Waals surface area (Å²) in [6.07, 6.45) is 4.13. The molecule has 92 valence electrons. The Morgan fingerprint density at radius 2 is 2.17 bits per heavy atom. The summed E-state index contributed by atoms with van der Waals surface area (Å²) in [6.45, 7) is 0. The zero-order valence-electron chi connectivity index (χ0n) is 9.38. The number of carbonyl (C=O) groups is 1. The quantitative estimate of drug-likeness (QED) is 0.924. The van der Waals surface area contributed by atoms with Crippen molar-refractivity contribution < 1.29 is 9.90 Å². The van der Waals surface area contributed by atoms with Gasteiger partial charge in [-0.1, -0.05) is 11.6 Å². The lowest BCUT2D eigenvalue weighted by Crippen LogP contribution is -2.06. The molecular weight excluding hydrogens is 254 g/mol. The van der Waals surface area contributed by atoms with E-state index in [9.17, 15) is 4.79 Å². The molecule has 0 aromatic carbocycles. The average molecular weight is 264 g/mol. The van der Waals surface area contributed by atoms with Crippen LogP contribution in [0.15, 0.2) is 24.4 Å². The van der Waals surface area contributed by atoms with Crippen molar-refractivity contribution in [3.05, 3.63) is 40.8 Å². The fourth-order valence-electron chi connectivity index (χ4n) is 1.77. The molecule has 18 heavy (non-hydrogen) atoms. The average Bonchev–Trinajstić information content (AvgIpc) is 3.08. The number of pyridine rings is 1. The molecule has 0 amide bonds. The van der Waals surface area contributed by atoms with Gasteiger partial charge in [-0.2, -0.15) is 5.10 Å². The van der Waals surface area contributed by atoms with Crippen molar-refractivity contribution in [3.8, 4) is 5.82 Å². The molecule has 1 aliphatic carbocycles. The van der Waals surface area contributed by atoms with E-state index in [-0.39, 0.29) is 10.7 Å². The third-order valence-corrected chi connectivity index (χ3v) is 3.18. The molecule has 1 saturated carbocycles. The lowest BCUT2D eigenvalue weighted by Gasteiger charge is -2.03. The number of aromatic nitrogens is 3. The number of rotatable bonds is 3. The zero-order chi connectivity index (χ0) is 12.7. The van der Waals surface area contributed by atoms with Gasteiger partial charge in [-0.05, 0) is 31.0 Å². The number of hydrogen-bond donors (Lipinski definition) is 1. The van der Waals surface area contributed by atoms with Crippen molar-refractivity contribution in [2.24, 2.45) is 0 Å². The Bertz CT molecular complexity index is 620. The zero-order valence-corrected chi connectivity index (χ0v) is 10.1. The number of carboxylic acid groups (broad SMARTS) is 1. The van der Waals surface area contributed by atoms with Crippen LogP contribution in [0.4, 0.5) is 0 Å². The summed E-state index contributed by atoms with van der Waals surface area (Å²) in [4.78, 5) is 15.0. The largest absolute Gasteiger partial charge is 0.476 e. The van der Waals surface area contributed by atoms with Crippen LogP contribution in [-0.4, -0.2) is 25.8 Å². The summed E-state index contributed by atoms with van der Waals surface area (Å²) < 4.78 is 1.58. The first kappa shape index (κ1) is 11.2. The van der Waals surface area contributed by atoms with Gasteiger partial charge in [0, 0.05) is 12.1 Å². The van der Waals surface area contributed by atoms with Crippen LogP contribution in [0.2, 0.25) is 5.02 Å².